The van der Waals surface area contributed by atoms with E-state index in [0.717, 1.165) is 0 Å². The van der Waals surface area contributed by atoms with Gasteiger partial charge in [0.15, 0.2) is 28.9 Å². The van der Waals surface area contributed by atoms with Crippen molar-refractivity contribution in [1.29, 1.82) is 0 Å². The van der Waals surface area contributed by atoms with Crippen LogP contribution in [0.5, 0.6) is 11.5 Å². The number of methoxy groups -OCH3 is 2. The van der Waals surface area contributed by atoms with Gasteiger partial charge in [0.1, 0.15) is 0 Å². The molecule has 0 radical (unpaired) electrons. The second kappa shape index (κ2) is 4.56. The van der Waals surface area contributed by atoms with Crippen molar-refractivity contribution in [1.82, 2.24) is 5.16 Å². The fraction of sp³-hybridized carbons (Fsp3) is 0.250. The third kappa shape index (κ3) is 1.85. The fourth-order valence-corrected chi connectivity index (χ4v) is 1.83. The first-order valence-electron chi connectivity index (χ1n) is 5.22. The molecule has 2 rings (SSSR count). The van der Waals surface area contributed by atoms with Gasteiger partial charge in [0.25, 0.3) is 0 Å². The topological polar surface area (TPSA) is 70.5 Å². The van der Waals surface area contributed by atoms with Gasteiger partial charge in [0.2, 0.25) is 0 Å². The highest BCUT2D eigenvalue weighted by molar-refractivity contribution is 5.74. The summed E-state index contributed by atoms with van der Waals surface area (Å²) >= 11 is 0. The molecule has 0 bridgehead atoms. The Morgan fingerprint density at radius 1 is 1.22 bits per heavy atom. The average molecular weight is 252 g/mol. The Bertz CT molecular complexity index is 581. The molecule has 0 amide bonds. The van der Waals surface area contributed by atoms with Crippen LogP contribution < -0.4 is 15.2 Å². The van der Waals surface area contributed by atoms with E-state index in [1.54, 1.807) is 13.0 Å². The van der Waals surface area contributed by atoms with Crippen LogP contribution in [0.1, 0.15) is 5.56 Å². The quantitative estimate of drug-likeness (QED) is 0.908. The Morgan fingerprint density at radius 3 is 2.39 bits per heavy atom. The number of benzene rings is 1. The molecule has 96 valence electrons. The molecule has 1 aromatic carbocycles. The average Bonchev–Trinajstić information content (AvgIpc) is 2.74. The highest BCUT2D eigenvalue weighted by Gasteiger charge is 2.22. The van der Waals surface area contributed by atoms with Crippen molar-refractivity contribution in [2.45, 2.75) is 6.92 Å². The number of halogens is 1. The third-order valence-corrected chi connectivity index (χ3v) is 2.57. The number of ether oxygens (including phenoxy) is 2. The Morgan fingerprint density at radius 2 is 1.89 bits per heavy atom. The van der Waals surface area contributed by atoms with E-state index in [9.17, 15) is 4.39 Å². The third-order valence-electron chi connectivity index (χ3n) is 2.57. The molecule has 0 aliphatic heterocycles. The number of aromatic nitrogens is 1. The first-order chi connectivity index (χ1) is 8.58. The fourth-order valence-electron chi connectivity index (χ4n) is 1.83. The lowest BCUT2D eigenvalue weighted by Gasteiger charge is -2.14. The van der Waals surface area contributed by atoms with E-state index < -0.39 is 5.82 Å². The van der Waals surface area contributed by atoms with Gasteiger partial charge in [-0.3, -0.25) is 0 Å². The van der Waals surface area contributed by atoms with Crippen molar-refractivity contribution < 1.29 is 18.4 Å². The van der Waals surface area contributed by atoms with Crippen LogP contribution in [-0.4, -0.2) is 19.4 Å². The summed E-state index contributed by atoms with van der Waals surface area (Å²) in [4.78, 5) is 0. The van der Waals surface area contributed by atoms with Crippen LogP contribution in [0.3, 0.4) is 0 Å². The number of nitrogens with zero attached hydrogens (tertiary/aromatic N) is 1. The van der Waals surface area contributed by atoms with Gasteiger partial charge in [-0.25, -0.2) is 4.39 Å². The van der Waals surface area contributed by atoms with Gasteiger partial charge < -0.3 is 19.7 Å². The van der Waals surface area contributed by atoms with Crippen LogP contribution in [0, 0.1) is 12.7 Å². The maximum absolute atomic E-state index is 13.7. The molecule has 0 aliphatic rings. The summed E-state index contributed by atoms with van der Waals surface area (Å²) in [5.41, 5.74) is 6.72. The van der Waals surface area contributed by atoms with Crippen LogP contribution in [0.25, 0.3) is 11.3 Å². The van der Waals surface area contributed by atoms with Gasteiger partial charge in [-0.05, 0) is 18.6 Å². The highest BCUT2D eigenvalue weighted by Crippen LogP contribution is 2.42. The lowest BCUT2D eigenvalue weighted by atomic mass is 10.0. The molecule has 1 heterocycles. The van der Waals surface area contributed by atoms with Crippen LogP contribution in [0.15, 0.2) is 16.7 Å². The molecule has 0 saturated carbocycles. The van der Waals surface area contributed by atoms with E-state index in [-0.39, 0.29) is 17.3 Å². The summed E-state index contributed by atoms with van der Waals surface area (Å²) in [5, 5.41) is 3.60. The summed E-state index contributed by atoms with van der Waals surface area (Å²) in [7, 11) is 2.80. The number of aryl methyl sites for hydroxylation is 1. The van der Waals surface area contributed by atoms with E-state index in [0.29, 0.717) is 16.9 Å². The Kier molecular flexibility index (Phi) is 3.10. The minimum absolute atomic E-state index is 0.0214. The molecule has 2 aromatic rings. The van der Waals surface area contributed by atoms with Crippen LogP contribution in [0.2, 0.25) is 0 Å². The molecule has 2 N–H and O–H groups in total. The number of hydrogen-bond donors (Lipinski definition) is 1. The maximum atomic E-state index is 13.7. The molecule has 0 atom stereocenters. The van der Waals surface area contributed by atoms with Gasteiger partial charge in [-0.15, -0.1) is 0 Å². The molecule has 18 heavy (non-hydrogen) atoms. The van der Waals surface area contributed by atoms with Crippen molar-refractivity contribution in [2.75, 3.05) is 20.0 Å². The minimum atomic E-state index is -0.497. The molecule has 0 fully saturated rings. The molecule has 6 heteroatoms. The molecular formula is C12H13FN2O3. The minimum Gasteiger partial charge on any atom is -0.492 e. The van der Waals surface area contributed by atoms with E-state index in [1.165, 1.54) is 20.3 Å². The molecule has 0 saturated heterocycles. The lowest BCUT2D eigenvalue weighted by Crippen LogP contribution is -1.98. The predicted octanol–water partition coefficient (Wildman–Crippen LogP) is 2.39. The van der Waals surface area contributed by atoms with Gasteiger partial charge in [0, 0.05) is 6.07 Å². The number of nitrogen functional groups attached to an aromatic ring is 1. The van der Waals surface area contributed by atoms with Crippen LogP contribution in [0.4, 0.5) is 10.2 Å². The number of anilines is 1. The Hall–Kier alpha value is -2.24. The van der Waals surface area contributed by atoms with E-state index in [4.69, 9.17) is 19.7 Å². The van der Waals surface area contributed by atoms with Crippen molar-refractivity contribution >= 4 is 5.82 Å². The first kappa shape index (κ1) is 12.2. The van der Waals surface area contributed by atoms with E-state index in [1.807, 2.05) is 0 Å². The normalized spacial score (nSPS) is 10.4. The number of rotatable bonds is 3. The molecule has 5 nitrogen and oxygen atoms in total. The van der Waals surface area contributed by atoms with Crippen LogP contribution >= 0.6 is 0 Å². The highest BCUT2D eigenvalue weighted by atomic mass is 19.1. The zero-order valence-corrected chi connectivity index (χ0v) is 10.3. The smallest absolute Gasteiger partial charge is 0.197 e. The van der Waals surface area contributed by atoms with Crippen molar-refractivity contribution in [2.24, 2.45) is 0 Å². The van der Waals surface area contributed by atoms with Gasteiger partial charge >= 0.3 is 0 Å². The Balaban J connectivity index is 2.73. The Labute approximate surface area is 103 Å². The number of nitrogens with two attached hydrogens (primary N) is 1. The van der Waals surface area contributed by atoms with Crippen molar-refractivity contribution in [3.63, 3.8) is 0 Å². The predicted molar refractivity (Wildman–Crippen MR) is 64.2 cm³/mol. The van der Waals surface area contributed by atoms with Crippen molar-refractivity contribution in [3.05, 3.63) is 23.5 Å². The zero-order chi connectivity index (χ0) is 13.3. The van der Waals surface area contributed by atoms with E-state index in [2.05, 4.69) is 5.16 Å². The molecule has 0 unspecified atom stereocenters. The van der Waals surface area contributed by atoms with Gasteiger partial charge in [-0.1, -0.05) is 5.16 Å². The molecule has 0 aliphatic carbocycles. The largest absolute Gasteiger partial charge is 0.492 e. The second-order valence-corrected chi connectivity index (χ2v) is 3.73. The van der Waals surface area contributed by atoms with Crippen LogP contribution in [-0.2, 0) is 0 Å². The van der Waals surface area contributed by atoms with Gasteiger partial charge in [0.05, 0.1) is 19.8 Å². The summed E-state index contributed by atoms with van der Waals surface area (Å²) < 4.78 is 29.0. The SMILES string of the molecule is COc1c(F)cc(C)c(-c2cc(N)no2)c1OC. The summed E-state index contributed by atoms with van der Waals surface area (Å²) in [6.45, 7) is 1.74. The summed E-state index contributed by atoms with van der Waals surface area (Å²) in [6.07, 6.45) is 0. The van der Waals surface area contributed by atoms with E-state index >= 15 is 0 Å². The monoisotopic (exact) mass is 252 g/mol. The standard InChI is InChI=1S/C12H13FN2O3/c1-6-4-7(13)11(16-2)12(17-3)10(6)8-5-9(14)15-18-8/h4-5H,1-3H3,(H2,14,15). The maximum Gasteiger partial charge on any atom is 0.197 e. The van der Waals surface area contributed by atoms with Gasteiger partial charge in [-0.2, -0.15) is 0 Å². The molecular weight excluding hydrogens is 239 g/mol. The summed E-state index contributed by atoms with van der Waals surface area (Å²) in [6, 6.07) is 2.89. The summed E-state index contributed by atoms with van der Waals surface area (Å²) in [5.74, 6) is 0.428. The zero-order valence-electron chi connectivity index (χ0n) is 10.3. The second-order valence-electron chi connectivity index (χ2n) is 3.73. The molecule has 0 spiro atoms. The van der Waals surface area contributed by atoms with Crippen molar-refractivity contribution in [3.8, 4) is 22.8 Å². The molecule has 1 aromatic heterocycles. The lowest BCUT2D eigenvalue weighted by molar-refractivity contribution is 0.336. The first-order valence-corrected chi connectivity index (χ1v) is 5.22. The number of hydrogen-bond acceptors (Lipinski definition) is 5.